The van der Waals surface area contributed by atoms with Gasteiger partial charge in [0.05, 0.1) is 12.2 Å². The number of hydrogen-bond acceptors (Lipinski definition) is 4. The summed E-state index contributed by atoms with van der Waals surface area (Å²) in [6, 6.07) is 3.46. The summed E-state index contributed by atoms with van der Waals surface area (Å²) < 4.78 is 0. The number of aliphatic hydroxyl groups excluding tert-OH is 2. The molecule has 5 nitrogen and oxygen atoms in total. The Morgan fingerprint density at radius 2 is 2.10 bits per heavy atom. The van der Waals surface area contributed by atoms with E-state index in [-0.39, 0.29) is 37.4 Å². The Kier molecular flexibility index (Phi) is 7.44. The maximum Gasteiger partial charge on any atom is 0.274 e. The zero-order valence-corrected chi connectivity index (χ0v) is 12.5. The van der Waals surface area contributed by atoms with Crippen molar-refractivity contribution in [2.75, 3.05) is 19.8 Å². The molecule has 0 aliphatic heterocycles. The smallest absolute Gasteiger partial charge is 0.274 e. The van der Waals surface area contributed by atoms with E-state index in [1.54, 1.807) is 23.2 Å². The van der Waals surface area contributed by atoms with Crippen LogP contribution < -0.4 is 0 Å². The third-order valence-electron chi connectivity index (χ3n) is 3.30. The van der Waals surface area contributed by atoms with Crippen LogP contribution >= 0.6 is 0 Å². The fourth-order valence-corrected chi connectivity index (χ4v) is 2.23. The second-order valence-corrected chi connectivity index (χ2v) is 4.55. The van der Waals surface area contributed by atoms with Crippen LogP contribution in [0.15, 0.2) is 18.3 Å². The molecule has 21 heavy (non-hydrogen) atoms. The summed E-state index contributed by atoms with van der Waals surface area (Å²) >= 11 is 0. The van der Waals surface area contributed by atoms with E-state index in [0.717, 1.165) is 12.8 Å². The van der Waals surface area contributed by atoms with Gasteiger partial charge in [-0.3, -0.25) is 4.79 Å². The minimum Gasteiger partial charge on any atom is -0.395 e. The monoisotopic (exact) mass is 290 g/mol. The number of hydrogen-bond donors (Lipinski definition) is 2. The zero-order valence-electron chi connectivity index (χ0n) is 12.5. The van der Waals surface area contributed by atoms with E-state index in [2.05, 4.69) is 16.8 Å². The van der Waals surface area contributed by atoms with Gasteiger partial charge in [0.15, 0.2) is 0 Å². The maximum atomic E-state index is 12.7. The molecule has 1 heterocycles. The van der Waals surface area contributed by atoms with Crippen LogP contribution in [0.25, 0.3) is 0 Å². The molecular formula is C16H22N2O3. The maximum absolute atomic E-state index is 12.7. The van der Waals surface area contributed by atoms with Gasteiger partial charge in [-0.25, -0.2) is 4.98 Å². The molecule has 114 valence electrons. The average molecular weight is 290 g/mol. The summed E-state index contributed by atoms with van der Waals surface area (Å²) in [7, 11) is 0. The van der Waals surface area contributed by atoms with E-state index in [1.165, 1.54) is 0 Å². The van der Waals surface area contributed by atoms with Crippen molar-refractivity contribution in [3.05, 3.63) is 29.6 Å². The molecule has 1 amide bonds. The molecule has 0 aromatic carbocycles. The first-order valence-corrected chi connectivity index (χ1v) is 7.16. The van der Waals surface area contributed by atoms with E-state index in [9.17, 15) is 9.90 Å². The third-order valence-corrected chi connectivity index (χ3v) is 3.30. The van der Waals surface area contributed by atoms with Gasteiger partial charge in [-0.1, -0.05) is 25.7 Å². The normalized spacial score (nSPS) is 10.1. The van der Waals surface area contributed by atoms with Gasteiger partial charge in [-0.2, -0.15) is 0 Å². The Bertz CT molecular complexity index is 516. The molecular weight excluding hydrogens is 268 g/mol. The van der Waals surface area contributed by atoms with Gasteiger partial charge in [-0.05, 0) is 25.0 Å². The first-order valence-electron chi connectivity index (χ1n) is 7.16. The van der Waals surface area contributed by atoms with Gasteiger partial charge in [0.1, 0.15) is 12.3 Å². The van der Waals surface area contributed by atoms with E-state index in [0.29, 0.717) is 5.56 Å². The molecule has 0 radical (unpaired) electrons. The molecule has 1 rings (SSSR count). The van der Waals surface area contributed by atoms with Crippen LogP contribution in [0.5, 0.6) is 0 Å². The van der Waals surface area contributed by atoms with E-state index in [1.807, 2.05) is 13.8 Å². The highest BCUT2D eigenvalue weighted by atomic mass is 16.3. The lowest BCUT2D eigenvalue weighted by Crippen LogP contribution is -2.42. The molecule has 0 fully saturated rings. The minimum absolute atomic E-state index is 0.0605. The van der Waals surface area contributed by atoms with Gasteiger partial charge in [0.2, 0.25) is 0 Å². The lowest BCUT2D eigenvalue weighted by Gasteiger charge is -2.30. The van der Waals surface area contributed by atoms with Crippen molar-refractivity contribution < 1.29 is 15.0 Å². The van der Waals surface area contributed by atoms with Crippen LogP contribution in [-0.2, 0) is 0 Å². The van der Waals surface area contributed by atoms with Gasteiger partial charge < -0.3 is 15.1 Å². The van der Waals surface area contributed by atoms with Crippen molar-refractivity contribution in [1.82, 2.24) is 9.88 Å². The predicted octanol–water partition coefficient (Wildman–Crippen LogP) is 1.05. The molecule has 0 atom stereocenters. The van der Waals surface area contributed by atoms with Crippen molar-refractivity contribution in [2.24, 2.45) is 0 Å². The lowest BCUT2D eigenvalue weighted by atomic mass is 10.1. The summed E-state index contributed by atoms with van der Waals surface area (Å²) in [6.45, 7) is 3.93. The minimum atomic E-state index is -0.268. The first-order chi connectivity index (χ1) is 10.2. The van der Waals surface area contributed by atoms with E-state index >= 15 is 0 Å². The molecule has 0 unspecified atom stereocenters. The molecule has 0 saturated carbocycles. The number of carbonyl (C=O) groups is 1. The van der Waals surface area contributed by atoms with Crippen LogP contribution in [0.1, 0.15) is 42.7 Å². The molecule has 0 aliphatic rings. The van der Waals surface area contributed by atoms with Gasteiger partial charge in [0.25, 0.3) is 5.91 Å². The second kappa shape index (κ2) is 9.11. The Labute approximate surface area is 125 Å². The third kappa shape index (κ3) is 4.55. The van der Waals surface area contributed by atoms with Crippen LogP contribution in [0.3, 0.4) is 0 Å². The molecule has 0 aliphatic carbocycles. The first kappa shape index (κ1) is 17.2. The quantitative estimate of drug-likeness (QED) is 0.768. The molecule has 0 bridgehead atoms. The van der Waals surface area contributed by atoms with Gasteiger partial charge in [-0.15, -0.1) is 0 Å². The summed E-state index contributed by atoms with van der Waals surface area (Å²) in [6.07, 6.45) is 3.17. The van der Waals surface area contributed by atoms with Gasteiger partial charge >= 0.3 is 0 Å². The van der Waals surface area contributed by atoms with Crippen molar-refractivity contribution in [2.45, 2.75) is 32.7 Å². The highest BCUT2D eigenvalue weighted by molar-refractivity contribution is 5.95. The number of pyridine rings is 1. The number of aromatic nitrogens is 1. The second-order valence-electron chi connectivity index (χ2n) is 4.55. The van der Waals surface area contributed by atoms with Gasteiger partial charge in [0, 0.05) is 18.8 Å². The summed E-state index contributed by atoms with van der Waals surface area (Å²) in [5.41, 5.74) is 0.754. The topological polar surface area (TPSA) is 73.7 Å². The zero-order chi connectivity index (χ0) is 15.7. The Balaban J connectivity index is 3.14. The number of rotatable bonds is 6. The van der Waals surface area contributed by atoms with Crippen molar-refractivity contribution in [3.8, 4) is 11.8 Å². The van der Waals surface area contributed by atoms with Crippen molar-refractivity contribution >= 4 is 5.91 Å². The predicted molar refractivity (Wildman–Crippen MR) is 80.7 cm³/mol. The fraction of sp³-hybridized carbons (Fsp3) is 0.500. The molecule has 0 spiro atoms. The fourth-order valence-electron chi connectivity index (χ4n) is 2.23. The number of carbonyl (C=O) groups excluding carboxylic acids is 1. The molecule has 5 heteroatoms. The number of aliphatic hydroxyl groups is 2. The number of amides is 1. The van der Waals surface area contributed by atoms with E-state index in [4.69, 9.17) is 5.11 Å². The summed E-state index contributed by atoms with van der Waals surface area (Å²) in [5, 5.41) is 18.0. The molecule has 1 aromatic heterocycles. The Hall–Kier alpha value is -1.90. The van der Waals surface area contributed by atoms with Crippen LogP contribution in [-0.4, -0.2) is 51.8 Å². The highest BCUT2D eigenvalue weighted by Gasteiger charge is 2.24. The standard InChI is InChI=1S/C16H22N2O3/c1-3-14(4-2)18(10-12-20)16(21)15-13(8-6-11-19)7-5-9-17-15/h5,7,9,14,19-20H,3-4,10-12H2,1-2H3. The lowest BCUT2D eigenvalue weighted by molar-refractivity contribution is 0.0616. The largest absolute Gasteiger partial charge is 0.395 e. The van der Waals surface area contributed by atoms with Crippen LogP contribution in [0, 0.1) is 11.8 Å². The SMILES string of the molecule is CCC(CC)N(CCO)C(=O)c1ncccc1C#CCO. The van der Waals surface area contributed by atoms with Crippen LogP contribution in [0.4, 0.5) is 0 Å². The molecule has 0 saturated heterocycles. The highest BCUT2D eigenvalue weighted by Crippen LogP contribution is 2.14. The summed E-state index contributed by atoms with van der Waals surface area (Å²) in [5.74, 6) is 5.04. The van der Waals surface area contributed by atoms with Crippen molar-refractivity contribution in [1.29, 1.82) is 0 Å². The Morgan fingerprint density at radius 3 is 2.67 bits per heavy atom. The molecule has 2 N–H and O–H groups in total. The van der Waals surface area contributed by atoms with E-state index < -0.39 is 0 Å². The summed E-state index contributed by atoms with van der Waals surface area (Å²) in [4.78, 5) is 18.5. The number of nitrogens with zero attached hydrogens (tertiary/aromatic N) is 2. The Morgan fingerprint density at radius 1 is 1.38 bits per heavy atom. The average Bonchev–Trinajstić information content (AvgIpc) is 2.52. The van der Waals surface area contributed by atoms with Crippen LogP contribution in [0.2, 0.25) is 0 Å². The molecule has 1 aromatic rings. The van der Waals surface area contributed by atoms with Crippen molar-refractivity contribution in [3.63, 3.8) is 0 Å².